The van der Waals surface area contributed by atoms with Crippen LogP contribution in [-0.4, -0.2) is 37.1 Å². The van der Waals surface area contributed by atoms with Crippen LogP contribution in [0.25, 0.3) is 0 Å². The standard InChI is InChI=1S/C15H29N3/c1-13-9-14(2)11-18(10-13)8-6-5-7-15(3,12-16)17-4/h13-14,17H,5-11H2,1-4H3. The summed E-state index contributed by atoms with van der Waals surface area (Å²) in [5.74, 6) is 1.69. The van der Waals surface area contributed by atoms with Crippen molar-refractivity contribution in [2.75, 3.05) is 26.7 Å². The van der Waals surface area contributed by atoms with Crippen molar-refractivity contribution in [3.63, 3.8) is 0 Å². The highest BCUT2D eigenvalue weighted by Gasteiger charge is 2.22. The molecule has 0 aromatic rings. The van der Waals surface area contributed by atoms with Crippen LogP contribution in [0.2, 0.25) is 0 Å². The maximum atomic E-state index is 9.08. The van der Waals surface area contributed by atoms with Gasteiger partial charge in [-0.15, -0.1) is 0 Å². The molecule has 104 valence electrons. The van der Waals surface area contributed by atoms with Gasteiger partial charge in [-0.05, 0) is 58.0 Å². The molecule has 3 heteroatoms. The SMILES string of the molecule is CNC(C)(C#N)CCCCN1CC(C)CC(C)C1. The van der Waals surface area contributed by atoms with Gasteiger partial charge in [-0.2, -0.15) is 5.26 Å². The van der Waals surface area contributed by atoms with Gasteiger partial charge in [-0.25, -0.2) is 0 Å². The zero-order valence-corrected chi connectivity index (χ0v) is 12.5. The molecule has 1 rings (SSSR count). The zero-order valence-electron chi connectivity index (χ0n) is 12.5. The van der Waals surface area contributed by atoms with E-state index in [0.29, 0.717) is 0 Å². The van der Waals surface area contributed by atoms with E-state index in [4.69, 9.17) is 5.26 Å². The van der Waals surface area contributed by atoms with Crippen LogP contribution >= 0.6 is 0 Å². The number of nitriles is 1. The summed E-state index contributed by atoms with van der Waals surface area (Å²) in [6.07, 6.45) is 4.66. The van der Waals surface area contributed by atoms with E-state index in [1.165, 1.54) is 32.5 Å². The zero-order chi connectivity index (χ0) is 13.6. The van der Waals surface area contributed by atoms with Crippen LogP contribution in [0.5, 0.6) is 0 Å². The fourth-order valence-corrected chi connectivity index (χ4v) is 3.03. The van der Waals surface area contributed by atoms with Crippen molar-refractivity contribution in [3.8, 4) is 6.07 Å². The first-order valence-electron chi connectivity index (χ1n) is 7.31. The van der Waals surface area contributed by atoms with Crippen molar-refractivity contribution in [1.29, 1.82) is 5.26 Å². The fourth-order valence-electron chi connectivity index (χ4n) is 3.03. The second-order valence-electron chi connectivity index (χ2n) is 6.36. The summed E-state index contributed by atoms with van der Waals surface area (Å²) in [4.78, 5) is 2.60. The van der Waals surface area contributed by atoms with Gasteiger partial charge in [0.2, 0.25) is 0 Å². The molecular formula is C15H29N3. The highest BCUT2D eigenvalue weighted by molar-refractivity contribution is 5.02. The monoisotopic (exact) mass is 251 g/mol. The molecule has 0 bridgehead atoms. The third kappa shape index (κ3) is 4.96. The Balaban J connectivity index is 2.20. The highest BCUT2D eigenvalue weighted by atomic mass is 15.1. The molecule has 1 aliphatic rings. The molecule has 1 heterocycles. The fraction of sp³-hybridized carbons (Fsp3) is 0.933. The summed E-state index contributed by atoms with van der Waals surface area (Å²) < 4.78 is 0. The average Bonchev–Trinajstić information content (AvgIpc) is 2.33. The number of nitrogens with zero attached hydrogens (tertiary/aromatic N) is 2. The largest absolute Gasteiger partial charge is 0.303 e. The minimum Gasteiger partial charge on any atom is -0.303 e. The van der Waals surface area contributed by atoms with Crippen LogP contribution in [0.3, 0.4) is 0 Å². The summed E-state index contributed by atoms with van der Waals surface area (Å²) in [5.41, 5.74) is -0.345. The highest BCUT2D eigenvalue weighted by Crippen LogP contribution is 2.21. The van der Waals surface area contributed by atoms with E-state index in [-0.39, 0.29) is 5.54 Å². The number of hydrogen-bond donors (Lipinski definition) is 1. The Morgan fingerprint density at radius 2 is 1.89 bits per heavy atom. The Kier molecular flexibility index (Phi) is 6.11. The average molecular weight is 251 g/mol. The van der Waals surface area contributed by atoms with Crippen molar-refractivity contribution in [2.24, 2.45) is 11.8 Å². The van der Waals surface area contributed by atoms with Gasteiger partial charge in [0.1, 0.15) is 5.54 Å². The number of hydrogen-bond acceptors (Lipinski definition) is 3. The van der Waals surface area contributed by atoms with Crippen molar-refractivity contribution in [1.82, 2.24) is 10.2 Å². The van der Waals surface area contributed by atoms with Crippen LogP contribution in [0, 0.1) is 23.2 Å². The van der Waals surface area contributed by atoms with Gasteiger partial charge >= 0.3 is 0 Å². The number of rotatable bonds is 6. The van der Waals surface area contributed by atoms with E-state index in [2.05, 4.69) is 30.1 Å². The third-order valence-corrected chi connectivity index (χ3v) is 4.14. The second kappa shape index (κ2) is 7.11. The minimum absolute atomic E-state index is 0.345. The summed E-state index contributed by atoms with van der Waals surface area (Å²) in [6.45, 7) is 10.4. The van der Waals surface area contributed by atoms with E-state index >= 15 is 0 Å². The summed E-state index contributed by atoms with van der Waals surface area (Å²) in [6, 6.07) is 2.36. The quantitative estimate of drug-likeness (QED) is 0.738. The molecule has 0 aromatic heterocycles. The third-order valence-electron chi connectivity index (χ3n) is 4.14. The molecule has 3 atom stereocenters. The van der Waals surface area contributed by atoms with Crippen LogP contribution in [0.15, 0.2) is 0 Å². The number of unbranched alkanes of at least 4 members (excludes halogenated alkanes) is 1. The summed E-state index contributed by atoms with van der Waals surface area (Å²) >= 11 is 0. The van der Waals surface area contributed by atoms with Crippen LogP contribution in [-0.2, 0) is 0 Å². The Morgan fingerprint density at radius 1 is 1.28 bits per heavy atom. The van der Waals surface area contributed by atoms with Crippen LogP contribution in [0.1, 0.15) is 46.5 Å². The maximum absolute atomic E-state index is 9.08. The van der Waals surface area contributed by atoms with Crippen molar-refractivity contribution >= 4 is 0 Å². The molecule has 1 fully saturated rings. The van der Waals surface area contributed by atoms with Gasteiger partial charge in [-0.3, -0.25) is 0 Å². The molecule has 18 heavy (non-hydrogen) atoms. The molecule has 3 unspecified atom stereocenters. The molecule has 0 amide bonds. The number of nitrogens with one attached hydrogen (secondary N) is 1. The van der Waals surface area contributed by atoms with E-state index < -0.39 is 0 Å². The Morgan fingerprint density at radius 3 is 2.39 bits per heavy atom. The molecule has 0 aliphatic carbocycles. The Labute approximate surface area is 113 Å². The normalized spacial score (nSPS) is 28.6. The first kappa shape index (κ1) is 15.5. The molecule has 0 radical (unpaired) electrons. The molecule has 0 spiro atoms. The predicted octanol–water partition coefficient (Wildman–Crippen LogP) is 2.64. The lowest BCUT2D eigenvalue weighted by Gasteiger charge is -2.35. The lowest BCUT2D eigenvalue weighted by molar-refractivity contribution is 0.138. The maximum Gasteiger partial charge on any atom is 0.103 e. The van der Waals surface area contributed by atoms with Crippen molar-refractivity contribution in [2.45, 2.75) is 52.0 Å². The van der Waals surface area contributed by atoms with Gasteiger partial charge < -0.3 is 10.2 Å². The smallest absolute Gasteiger partial charge is 0.103 e. The molecule has 1 aliphatic heterocycles. The Bertz CT molecular complexity index is 274. The van der Waals surface area contributed by atoms with E-state index in [0.717, 1.165) is 24.7 Å². The lowest BCUT2D eigenvalue weighted by atomic mass is 9.91. The van der Waals surface area contributed by atoms with Crippen LogP contribution in [0.4, 0.5) is 0 Å². The van der Waals surface area contributed by atoms with Crippen LogP contribution < -0.4 is 5.32 Å². The topological polar surface area (TPSA) is 39.1 Å². The second-order valence-corrected chi connectivity index (χ2v) is 6.36. The summed E-state index contributed by atoms with van der Waals surface area (Å²) in [7, 11) is 1.87. The van der Waals surface area contributed by atoms with Gasteiger partial charge in [0.05, 0.1) is 6.07 Å². The first-order chi connectivity index (χ1) is 8.49. The van der Waals surface area contributed by atoms with Gasteiger partial charge in [-0.1, -0.05) is 13.8 Å². The van der Waals surface area contributed by atoms with Crippen molar-refractivity contribution < 1.29 is 0 Å². The van der Waals surface area contributed by atoms with E-state index in [1.54, 1.807) is 0 Å². The molecule has 1 N–H and O–H groups in total. The number of piperidine rings is 1. The van der Waals surface area contributed by atoms with E-state index in [1.807, 2.05) is 14.0 Å². The molecule has 0 aromatic carbocycles. The van der Waals surface area contributed by atoms with Crippen molar-refractivity contribution in [3.05, 3.63) is 0 Å². The summed E-state index contributed by atoms with van der Waals surface area (Å²) in [5, 5.41) is 12.2. The minimum atomic E-state index is -0.345. The number of likely N-dealkylation sites (tertiary alicyclic amines) is 1. The first-order valence-corrected chi connectivity index (χ1v) is 7.31. The molecule has 1 saturated heterocycles. The lowest BCUT2D eigenvalue weighted by Crippen LogP contribution is -2.40. The van der Waals surface area contributed by atoms with Gasteiger partial charge in [0.15, 0.2) is 0 Å². The van der Waals surface area contributed by atoms with Gasteiger partial charge in [0, 0.05) is 13.1 Å². The molecule has 3 nitrogen and oxygen atoms in total. The molecule has 0 saturated carbocycles. The predicted molar refractivity (Wildman–Crippen MR) is 76.3 cm³/mol. The van der Waals surface area contributed by atoms with E-state index in [9.17, 15) is 0 Å². The molecular weight excluding hydrogens is 222 g/mol. The van der Waals surface area contributed by atoms with Gasteiger partial charge in [0.25, 0.3) is 0 Å². The Hall–Kier alpha value is -0.590.